The van der Waals surface area contributed by atoms with E-state index < -0.39 is 0 Å². The van der Waals surface area contributed by atoms with Gasteiger partial charge in [0.2, 0.25) is 0 Å². The number of rotatable bonds is 6. The molecule has 0 atom stereocenters. The van der Waals surface area contributed by atoms with E-state index in [2.05, 4.69) is 59.6 Å². The Morgan fingerprint density at radius 3 is 2.18 bits per heavy atom. The fourth-order valence-corrected chi connectivity index (χ4v) is 2.92. The van der Waals surface area contributed by atoms with Crippen LogP contribution in [0.15, 0.2) is 35.3 Å². The van der Waals surface area contributed by atoms with Gasteiger partial charge >= 0.3 is 0 Å². The second-order valence-electron chi connectivity index (χ2n) is 7.66. The molecule has 2 N–H and O–H groups in total. The van der Waals surface area contributed by atoms with Crippen molar-refractivity contribution in [3.63, 3.8) is 0 Å². The molecule has 0 saturated carbocycles. The molecular weight excluding hydrogens is 430 g/mol. The Morgan fingerprint density at radius 1 is 1.09 bits per heavy atom. The van der Waals surface area contributed by atoms with Crippen molar-refractivity contribution < 1.29 is 4.42 Å². The maximum atomic E-state index is 5.68. The van der Waals surface area contributed by atoms with Gasteiger partial charge in [-0.25, -0.2) is 0 Å². The van der Waals surface area contributed by atoms with Crippen molar-refractivity contribution in [1.82, 2.24) is 13.6 Å². The number of nitrogens with one attached hydrogen (secondary N) is 2. The number of nitrogens with zero attached hydrogens (tertiary/aromatic N) is 3. The molecular formula is C26H39N5OS. The van der Waals surface area contributed by atoms with Crippen LogP contribution in [0.25, 0.3) is 6.08 Å². The summed E-state index contributed by atoms with van der Waals surface area (Å²) in [5, 5.41) is 6.62. The fourth-order valence-electron chi connectivity index (χ4n) is 2.43. The number of aromatic nitrogens is 2. The van der Waals surface area contributed by atoms with Crippen LogP contribution in [0.3, 0.4) is 0 Å². The predicted octanol–water partition coefficient (Wildman–Crippen LogP) is 6.90. The summed E-state index contributed by atoms with van der Waals surface area (Å²) in [5.41, 5.74) is 4.37. The van der Waals surface area contributed by atoms with Gasteiger partial charge in [0.1, 0.15) is 11.5 Å². The summed E-state index contributed by atoms with van der Waals surface area (Å²) in [5.74, 6) is 3.26. The number of benzene rings is 1. The van der Waals surface area contributed by atoms with Gasteiger partial charge in [-0.2, -0.15) is 8.75 Å². The molecule has 33 heavy (non-hydrogen) atoms. The van der Waals surface area contributed by atoms with Crippen LogP contribution in [0.4, 0.5) is 17.3 Å². The number of hydrogen-bond donors (Lipinski definition) is 2. The number of anilines is 3. The lowest BCUT2D eigenvalue weighted by Gasteiger charge is -2.11. The Hall–Kier alpha value is -3.08. The molecule has 0 amide bonds. The molecule has 0 aliphatic rings. The molecule has 3 aromatic rings. The maximum absolute atomic E-state index is 5.68. The van der Waals surface area contributed by atoms with Crippen LogP contribution >= 0.6 is 11.7 Å². The predicted molar refractivity (Wildman–Crippen MR) is 145 cm³/mol. The first-order valence-electron chi connectivity index (χ1n) is 10.8. The Kier molecular flexibility index (Phi) is 15.0. The third-order valence-corrected chi connectivity index (χ3v) is 4.51. The highest BCUT2D eigenvalue weighted by molar-refractivity contribution is 6.99. The monoisotopic (exact) mass is 469 g/mol. The average Bonchev–Trinajstić information content (AvgIpc) is 3.35. The van der Waals surface area contributed by atoms with Crippen molar-refractivity contribution in [3.8, 4) is 12.8 Å². The topological polar surface area (TPSA) is 66.2 Å². The van der Waals surface area contributed by atoms with Crippen molar-refractivity contribution in [2.24, 2.45) is 0 Å². The van der Waals surface area contributed by atoms with E-state index in [-0.39, 0.29) is 0 Å². The third-order valence-electron chi connectivity index (χ3n) is 3.98. The minimum Gasteiger partial charge on any atom is -0.464 e. The van der Waals surface area contributed by atoms with Crippen molar-refractivity contribution >= 4 is 35.1 Å². The standard InChI is InChI=1S/C18H20N4OS.C3H9N.C3H8.C2H2/c1-5-14-7-6-8-16(12(14)3)20-18-17(21-24-22-18)19-10-15-9-11(2)13(4)23-15;1-4(2)3;1-3-2;1-2/h5-9H,1,10H2,2-4H3,(H,19,21)(H,20,22);1-3H3;3H2,1-2H3;1-2H. The lowest BCUT2D eigenvalue weighted by atomic mass is 10.1. The van der Waals surface area contributed by atoms with E-state index in [4.69, 9.17) is 4.42 Å². The molecule has 0 aliphatic heterocycles. The molecule has 3 rings (SSSR count). The van der Waals surface area contributed by atoms with Crippen LogP contribution in [-0.4, -0.2) is 34.8 Å². The molecule has 0 spiro atoms. The summed E-state index contributed by atoms with van der Waals surface area (Å²) >= 11 is 1.17. The van der Waals surface area contributed by atoms with E-state index >= 15 is 0 Å². The van der Waals surface area contributed by atoms with Crippen molar-refractivity contribution in [2.75, 3.05) is 31.8 Å². The van der Waals surface area contributed by atoms with Crippen molar-refractivity contribution in [1.29, 1.82) is 0 Å². The van der Waals surface area contributed by atoms with Gasteiger partial charge in [-0.15, -0.1) is 12.8 Å². The van der Waals surface area contributed by atoms with Gasteiger partial charge in [-0.1, -0.05) is 45.1 Å². The van der Waals surface area contributed by atoms with E-state index in [0.29, 0.717) is 12.4 Å². The molecule has 0 bridgehead atoms. The van der Waals surface area contributed by atoms with Crippen LogP contribution in [0.1, 0.15) is 48.5 Å². The first-order valence-corrected chi connectivity index (χ1v) is 11.5. The van der Waals surface area contributed by atoms with Gasteiger partial charge in [0, 0.05) is 5.69 Å². The van der Waals surface area contributed by atoms with E-state index in [1.54, 1.807) is 0 Å². The molecule has 6 nitrogen and oxygen atoms in total. The zero-order chi connectivity index (χ0) is 25.4. The molecule has 0 aliphatic carbocycles. The average molecular weight is 470 g/mol. The van der Waals surface area contributed by atoms with Crippen LogP contribution in [0.5, 0.6) is 0 Å². The molecule has 2 heterocycles. The molecule has 0 fully saturated rings. The zero-order valence-corrected chi connectivity index (χ0v) is 22.1. The normalized spacial score (nSPS) is 9.42. The Labute approximate surface area is 204 Å². The van der Waals surface area contributed by atoms with Gasteiger partial charge < -0.3 is 20.0 Å². The maximum Gasteiger partial charge on any atom is 0.188 e. The molecule has 0 saturated heterocycles. The minimum absolute atomic E-state index is 0.570. The number of aryl methyl sites for hydroxylation is 2. The minimum atomic E-state index is 0.570. The lowest BCUT2D eigenvalue weighted by Crippen LogP contribution is -2.03. The van der Waals surface area contributed by atoms with Crippen molar-refractivity contribution in [3.05, 3.63) is 59.1 Å². The summed E-state index contributed by atoms with van der Waals surface area (Å²) < 4.78 is 14.3. The molecule has 1 aromatic carbocycles. The van der Waals surface area contributed by atoms with Crippen LogP contribution in [0.2, 0.25) is 0 Å². The summed E-state index contributed by atoms with van der Waals surface area (Å²) in [7, 11) is 6.00. The summed E-state index contributed by atoms with van der Waals surface area (Å²) in [6, 6.07) is 8.08. The summed E-state index contributed by atoms with van der Waals surface area (Å²) in [6.07, 6.45) is 11.1. The number of furan rings is 1. The SMILES string of the molecule is C#C.C=Cc1cccc(Nc2nsnc2NCc2cc(C)c(C)o2)c1C.CCC.CN(C)C. The summed E-state index contributed by atoms with van der Waals surface area (Å²) in [4.78, 5) is 2.00. The lowest BCUT2D eigenvalue weighted by molar-refractivity contribution is 0.488. The van der Waals surface area contributed by atoms with Crippen molar-refractivity contribution in [2.45, 2.75) is 47.6 Å². The quantitative estimate of drug-likeness (QED) is 0.383. The molecule has 7 heteroatoms. The van der Waals surface area contributed by atoms with Gasteiger partial charge in [0.05, 0.1) is 18.3 Å². The first-order chi connectivity index (χ1) is 15.7. The first kappa shape index (κ1) is 29.9. The Balaban J connectivity index is 0.000000989. The molecule has 2 aromatic heterocycles. The smallest absolute Gasteiger partial charge is 0.188 e. The highest BCUT2D eigenvalue weighted by atomic mass is 32.1. The highest BCUT2D eigenvalue weighted by Crippen LogP contribution is 2.27. The van der Waals surface area contributed by atoms with E-state index in [1.165, 1.54) is 18.1 Å². The fraction of sp³-hybridized carbons (Fsp3) is 0.385. The van der Waals surface area contributed by atoms with E-state index in [0.717, 1.165) is 39.7 Å². The Bertz CT molecular complexity index is 950. The van der Waals surface area contributed by atoms with Gasteiger partial charge in [0.15, 0.2) is 11.6 Å². The number of terminal acetylenes is 1. The largest absolute Gasteiger partial charge is 0.464 e. The van der Waals surface area contributed by atoms with Crippen LogP contribution in [-0.2, 0) is 6.54 Å². The third kappa shape index (κ3) is 10.9. The van der Waals surface area contributed by atoms with Gasteiger partial charge in [0.25, 0.3) is 0 Å². The Morgan fingerprint density at radius 2 is 1.67 bits per heavy atom. The highest BCUT2D eigenvalue weighted by Gasteiger charge is 2.11. The van der Waals surface area contributed by atoms with E-state index in [1.807, 2.05) is 70.2 Å². The van der Waals surface area contributed by atoms with Crippen LogP contribution in [0, 0.1) is 33.6 Å². The van der Waals surface area contributed by atoms with Gasteiger partial charge in [-0.3, -0.25) is 0 Å². The summed E-state index contributed by atoms with van der Waals surface area (Å²) in [6.45, 7) is 14.7. The molecule has 180 valence electrons. The second-order valence-corrected chi connectivity index (χ2v) is 8.19. The number of hydrogen-bond acceptors (Lipinski definition) is 7. The zero-order valence-electron chi connectivity index (χ0n) is 21.3. The van der Waals surface area contributed by atoms with Crippen LogP contribution < -0.4 is 10.6 Å². The second kappa shape index (κ2) is 16.5. The van der Waals surface area contributed by atoms with E-state index in [9.17, 15) is 0 Å². The molecule has 0 unspecified atom stereocenters. The molecule has 0 radical (unpaired) electrons. The van der Waals surface area contributed by atoms with Gasteiger partial charge in [-0.05, 0) is 70.7 Å².